The van der Waals surface area contributed by atoms with Gasteiger partial charge in [-0.2, -0.15) is 0 Å². The first-order chi connectivity index (χ1) is 16.9. The van der Waals surface area contributed by atoms with Crippen LogP contribution in [0.3, 0.4) is 0 Å². The fourth-order valence-electron chi connectivity index (χ4n) is 3.57. The molecular weight excluding hydrogens is 446 g/mol. The lowest BCUT2D eigenvalue weighted by molar-refractivity contribution is -0.134. The number of amides is 3. The number of nitrogens with one attached hydrogen (secondary N) is 2. The standard InChI is InChI=1S/C27H27N3O5/c1-30(2)27(33)22(17-18-9-5-3-6-10-18)29-26(32)24-23(35-24)25(31)28-19-13-15-21(16-14-19)34-20-11-7-4-8-12-20/h3-16,22-24H,17H2,1-2H3,(H,28,31)(H,29,32)/t22-,23?,24?/m0/s1. The van der Waals surface area contributed by atoms with Crippen LogP contribution in [-0.2, 0) is 25.5 Å². The molecule has 3 aromatic rings. The van der Waals surface area contributed by atoms with E-state index < -0.39 is 30.1 Å². The van der Waals surface area contributed by atoms with Crippen LogP contribution < -0.4 is 15.4 Å². The van der Waals surface area contributed by atoms with Crippen molar-refractivity contribution < 1.29 is 23.9 Å². The number of para-hydroxylation sites is 1. The Morgan fingerprint density at radius 2 is 1.40 bits per heavy atom. The topological polar surface area (TPSA) is 100 Å². The Labute approximate surface area is 203 Å². The maximum absolute atomic E-state index is 12.7. The van der Waals surface area contributed by atoms with E-state index in [4.69, 9.17) is 9.47 Å². The number of benzene rings is 3. The minimum Gasteiger partial charge on any atom is -0.457 e. The van der Waals surface area contributed by atoms with Crippen molar-refractivity contribution in [1.29, 1.82) is 0 Å². The van der Waals surface area contributed by atoms with E-state index in [2.05, 4.69) is 10.6 Å². The average Bonchev–Trinajstić information content (AvgIpc) is 3.67. The molecule has 2 N–H and O–H groups in total. The maximum atomic E-state index is 12.7. The van der Waals surface area contributed by atoms with Gasteiger partial charge >= 0.3 is 0 Å². The maximum Gasteiger partial charge on any atom is 0.256 e. The highest BCUT2D eigenvalue weighted by molar-refractivity contribution is 6.02. The molecule has 1 fully saturated rings. The fraction of sp³-hybridized carbons (Fsp3) is 0.222. The molecule has 35 heavy (non-hydrogen) atoms. The van der Waals surface area contributed by atoms with E-state index >= 15 is 0 Å². The van der Waals surface area contributed by atoms with Crippen molar-refractivity contribution in [3.8, 4) is 11.5 Å². The number of epoxide rings is 1. The summed E-state index contributed by atoms with van der Waals surface area (Å²) in [7, 11) is 3.26. The number of rotatable bonds is 9. The number of nitrogens with zero attached hydrogens (tertiary/aromatic N) is 1. The molecule has 0 radical (unpaired) electrons. The number of likely N-dealkylation sites (N-methyl/N-ethyl adjacent to an activating group) is 1. The van der Waals surface area contributed by atoms with Gasteiger partial charge in [-0.1, -0.05) is 48.5 Å². The molecule has 1 aliphatic rings. The van der Waals surface area contributed by atoms with Crippen molar-refractivity contribution in [2.75, 3.05) is 19.4 Å². The van der Waals surface area contributed by atoms with Crippen molar-refractivity contribution in [1.82, 2.24) is 10.2 Å². The van der Waals surface area contributed by atoms with Crippen molar-refractivity contribution in [2.24, 2.45) is 0 Å². The van der Waals surface area contributed by atoms with E-state index in [0.29, 0.717) is 23.6 Å². The van der Waals surface area contributed by atoms with E-state index in [1.54, 1.807) is 38.4 Å². The third kappa shape index (κ3) is 6.45. The van der Waals surface area contributed by atoms with E-state index in [1.807, 2.05) is 60.7 Å². The Kier molecular flexibility index (Phi) is 7.42. The lowest BCUT2D eigenvalue weighted by Gasteiger charge is -2.21. The number of carbonyl (C=O) groups is 3. The summed E-state index contributed by atoms with van der Waals surface area (Å²) < 4.78 is 11.1. The van der Waals surface area contributed by atoms with E-state index in [-0.39, 0.29) is 5.91 Å². The first kappa shape index (κ1) is 24.0. The third-order valence-corrected chi connectivity index (χ3v) is 5.45. The van der Waals surface area contributed by atoms with Crippen molar-refractivity contribution in [3.63, 3.8) is 0 Å². The van der Waals surface area contributed by atoms with Crippen LogP contribution in [0.15, 0.2) is 84.9 Å². The monoisotopic (exact) mass is 473 g/mol. The second kappa shape index (κ2) is 10.8. The van der Waals surface area contributed by atoms with Gasteiger partial charge in [0.2, 0.25) is 5.91 Å². The summed E-state index contributed by atoms with van der Waals surface area (Å²) in [5, 5.41) is 5.48. The van der Waals surface area contributed by atoms with Crippen LogP contribution >= 0.6 is 0 Å². The summed E-state index contributed by atoms with van der Waals surface area (Å²) in [5.74, 6) is 0.182. The molecule has 3 amide bonds. The number of anilines is 1. The SMILES string of the molecule is CN(C)C(=O)[C@H](Cc1ccccc1)NC(=O)C1OC1C(=O)Nc1ccc(Oc2ccccc2)cc1. The Balaban J connectivity index is 1.31. The zero-order valence-corrected chi connectivity index (χ0v) is 19.5. The van der Waals surface area contributed by atoms with Gasteiger partial charge in [-0.25, -0.2) is 0 Å². The second-order valence-electron chi connectivity index (χ2n) is 8.39. The van der Waals surface area contributed by atoms with Crippen LogP contribution in [0.25, 0.3) is 0 Å². The molecule has 2 unspecified atom stereocenters. The molecule has 0 aliphatic carbocycles. The van der Waals surface area contributed by atoms with Gasteiger partial charge in [0, 0.05) is 26.2 Å². The van der Waals surface area contributed by atoms with Gasteiger partial charge in [-0.15, -0.1) is 0 Å². The minimum absolute atomic E-state index is 0.235. The summed E-state index contributed by atoms with van der Waals surface area (Å²) in [4.78, 5) is 39.3. The van der Waals surface area contributed by atoms with Gasteiger partial charge in [0.15, 0.2) is 12.2 Å². The van der Waals surface area contributed by atoms with E-state index in [1.165, 1.54) is 4.90 Å². The molecule has 4 rings (SSSR count). The second-order valence-corrected chi connectivity index (χ2v) is 8.39. The highest BCUT2D eigenvalue weighted by Gasteiger charge is 2.51. The number of carbonyl (C=O) groups excluding carboxylic acids is 3. The van der Waals surface area contributed by atoms with Crippen LogP contribution in [-0.4, -0.2) is 55.0 Å². The Morgan fingerprint density at radius 1 is 0.829 bits per heavy atom. The minimum atomic E-state index is -0.941. The Morgan fingerprint density at radius 3 is 2.03 bits per heavy atom. The summed E-state index contributed by atoms with van der Waals surface area (Å²) >= 11 is 0. The predicted molar refractivity (Wildman–Crippen MR) is 131 cm³/mol. The molecule has 8 nitrogen and oxygen atoms in total. The molecule has 1 saturated heterocycles. The molecule has 3 atom stereocenters. The lowest BCUT2D eigenvalue weighted by Crippen LogP contribution is -2.49. The van der Waals surface area contributed by atoms with Gasteiger partial charge in [-0.3, -0.25) is 14.4 Å². The summed E-state index contributed by atoms with van der Waals surface area (Å²) in [6.45, 7) is 0. The molecule has 3 aromatic carbocycles. The van der Waals surface area contributed by atoms with Crippen LogP contribution in [0.5, 0.6) is 11.5 Å². The van der Waals surface area contributed by atoms with Gasteiger partial charge in [0.1, 0.15) is 17.5 Å². The number of hydrogen-bond acceptors (Lipinski definition) is 5. The van der Waals surface area contributed by atoms with Crippen LogP contribution in [0.2, 0.25) is 0 Å². The molecule has 0 saturated carbocycles. The quantitative estimate of drug-likeness (QED) is 0.466. The van der Waals surface area contributed by atoms with Crippen LogP contribution in [0.1, 0.15) is 5.56 Å². The number of hydrogen-bond donors (Lipinski definition) is 2. The molecule has 0 spiro atoms. The first-order valence-electron chi connectivity index (χ1n) is 11.3. The third-order valence-electron chi connectivity index (χ3n) is 5.45. The normalized spacial score (nSPS) is 17.1. The number of ether oxygens (including phenoxy) is 2. The molecule has 1 aliphatic heterocycles. The zero-order chi connectivity index (χ0) is 24.8. The molecule has 0 aromatic heterocycles. The van der Waals surface area contributed by atoms with Crippen molar-refractivity contribution >= 4 is 23.4 Å². The molecule has 0 bridgehead atoms. The first-order valence-corrected chi connectivity index (χ1v) is 11.3. The van der Waals surface area contributed by atoms with Crippen molar-refractivity contribution in [2.45, 2.75) is 24.7 Å². The Hall–Kier alpha value is -4.17. The van der Waals surface area contributed by atoms with Gasteiger partial charge < -0.3 is 25.0 Å². The lowest BCUT2D eigenvalue weighted by atomic mass is 10.0. The Bertz CT molecular complexity index is 1170. The van der Waals surface area contributed by atoms with Crippen LogP contribution in [0.4, 0.5) is 5.69 Å². The van der Waals surface area contributed by atoms with E-state index in [9.17, 15) is 14.4 Å². The van der Waals surface area contributed by atoms with Gasteiger partial charge in [0.05, 0.1) is 0 Å². The van der Waals surface area contributed by atoms with Gasteiger partial charge in [-0.05, 0) is 42.0 Å². The van der Waals surface area contributed by atoms with E-state index in [0.717, 1.165) is 5.56 Å². The summed E-state index contributed by atoms with van der Waals surface area (Å²) in [5.41, 5.74) is 1.47. The summed E-state index contributed by atoms with van der Waals surface area (Å²) in [6, 6.07) is 24.9. The molecule has 1 heterocycles. The highest BCUT2D eigenvalue weighted by atomic mass is 16.6. The van der Waals surface area contributed by atoms with Gasteiger partial charge in [0.25, 0.3) is 11.8 Å². The predicted octanol–water partition coefficient (Wildman–Crippen LogP) is 3.00. The summed E-state index contributed by atoms with van der Waals surface area (Å²) in [6.07, 6.45) is -1.52. The smallest absolute Gasteiger partial charge is 0.256 e. The zero-order valence-electron chi connectivity index (χ0n) is 19.5. The van der Waals surface area contributed by atoms with Crippen LogP contribution in [0, 0.1) is 0 Å². The average molecular weight is 474 g/mol. The van der Waals surface area contributed by atoms with Crippen molar-refractivity contribution in [3.05, 3.63) is 90.5 Å². The molecule has 8 heteroatoms. The highest BCUT2D eigenvalue weighted by Crippen LogP contribution is 2.26. The molecular formula is C27H27N3O5. The fourth-order valence-corrected chi connectivity index (χ4v) is 3.57. The molecule has 180 valence electrons. The largest absolute Gasteiger partial charge is 0.457 e.